The van der Waals surface area contributed by atoms with E-state index in [0.29, 0.717) is 12.1 Å². The quantitative estimate of drug-likeness (QED) is 0.885. The summed E-state index contributed by atoms with van der Waals surface area (Å²) in [5.74, 6) is 0.645. The molecule has 0 aromatic heterocycles. The van der Waals surface area contributed by atoms with Crippen LogP contribution >= 0.6 is 0 Å². The molecule has 3 unspecified atom stereocenters. The van der Waals surface area contributed by atoms with Gasteiger partial charge in [0.15, 0.2) is 0 Å². The molecule has 1 aromatic carbocycles. The number of hydrogen-bond donors (Lipinski definition) is 1. The van der Waals surface area contributed by atoms with E-state index in [1.807, 2.05) is 19.2 Å². The van der Waals surface area contributed by atoms with E-state index in [9.17, 15) is 4.39 Å². The van der Waals surface area contributed by atoms with Crippen molar-refractivity contribution in [3.05, 3.63) is 35.6 Å². The Hall–Kier alpha value is -0.930. The molecule has 0 bridgehead atoms. The van der Waals surface area contributed by atoms with E-state index in [4.69, 9.17) is 0 Å². The number of piperidine rings is 1. The minimum Gasteiger partial charge on any atom is -0.313 e. The molecule has 112 valence electrons. The van der Waals surface area contributed by atoms with E-state index in [1.54, 1.807) is 12.1 Å². The summed E-state index contributed by atoms with van der Waals surface area (Å²) >= 11 is 0. The summed E-state index contributed by atoms with van der Waals surface area (Å²) in [5, 5.41) is 3.35. The minimum atomic E-state index is -0.165. The zero-order valence-corrected chi connectivity index (χ0v) is 12.9. The Morgan fingerprint density at radius 2 is 1.95 bits per heavy atom. The topological polar surface area (TPSA) is 15.3 Å². The first-order valence-corrected chi connectivity index (χ1v) is 7.77. The fourth-order valence-corrected chi connectivity index (χ4v) is 3.16. The van der Waals surface area contributed by atoms with Gasteiger partial charge in [-0.15, -0.1) is 0 Å². The second-order valence-corrected chi connectivity index (χ2v) is 6.21. The van der Waals surface area contributed by atoms with Crippen molar-refractivity contribution in [1.29, 1.82) is 0 Å². The van der Waals surface area contributed by atoms with Crippen LogP contribution in [0.15, 0.2) is 24.3 Å². The number of nitrogens with zero attached hydrogens (tertiary/aromatic N) is 1. The molecule has 0 spiro atoms. The summed E-state index contributed by atoms with van der Waals surface area (Å²) in [5.41, 5.74) is 1.17. The second-order valence-electron chi connectivity index (χ2n) is 6.21. The van der Waals surface area contributed by atoms with Crippen LogP contribution in [0.25, 0.3) is 0 Å². The van der Waals surface area contributed by atoms with Crippen molar-refractivity contribution in [3.63, 3.8) is 0 Å². The Bertz CT molecular complexity index is 404. The average molecular weight is 278 g/mol. The summed E-state index contributed by atoms with van der Waals surface area (Å²) in [4.78, 5) is 2.60. The first kappa shape index (κ1) is 15.5. The molecule has 0 amide bonds. The highest BCUT2D eigenvalue weighted by atomic mass is 19.1. The third-order valence-electron chi connectivity index (χ3n) is 4.57. The van der Waals surface area contributed by atoms with Gasteiger partial charge in [-0.2, -0.15) is 0 Å². The molecular weight excluding hydrogens is 251 g/mol. The van der Waals surface area contributed by atoms with E-state index in [1.165, 1.54) is 24.9 Å². The lowest BCUT2D eigenvalue weighted by Gasteiger charge is -2.37. The second kappa shape index (κ2) is 7.19. The predicted molar refractivity (Wildman–Crippen MR) is 82.3 cm³/mol. The molecule has 1 saturated heterocycles. The lowest BCUT2D eigenvalue weighted by molar-refractivity contribution is 0.119. The highest BCUT2D eigenvalue weighted by molar-refractivity contribution is 5.19. The van der Waals surface area contributed by atoms with Crippen molar-refractivity contribution >= 4 is 0 Å². The number of likely N-dealkylation sites (tertiary alicyclic amines) is 1. The molecular formula is C17H27FN2. The smallest absolute Gasteiger partial charge is 0.123 e. The van der Waals surface area contributed by atoms with Gasteiger partial charge in [0.25, 0.3) is 0 Å². The molecule has 20 heavy (non-hydrogen) atoms. The number of rotatable bonds is 5. The van der Waals surface area contributed by atoms with Gasteiger partial charge < -0.3 is 10.2 Å². The Morgan fingerprint density at radius 3 is 2.60 bits per heavy atom. The van der Waals surface area contributed by atoms with Crippen LogP contribution in [-0.2, 0) is 0 Å². The van der Waals surface area contributed by atoms with Gasteiger partial charge in [-0.1, -0.05) is 19.1 Å². The summed E-state index contributed by atoms with van der Waals surface area (Å²) in [7, 11) is 1.98. The normalized spacial score (nSPS) is 25.6. The van der Waals surface area contributed by atoms with Crippen molar-refractivity contribution in [2.75, 3.05) is 20.1 Å². The van der Waals surface area contributed by atoms with Crippen LogP contribution in [0.2, 0.25) is 0 Å². The molecule has 0 radical (unpaired) electrons. The number of hydrogen-bond acceptors (Lipinski definition) is 2. The molecule has 2 rings (SSSR count). The zero-order valence-electron chi connectivity index (χ0n) is 12.9. The molecule has 2 nitrogen and oxygen atoms in total. The first-order valence-electron chi connectivity index (χ1n) is 7.77. The van der Waals surface area contributed by atoms with E-state index < -0.39 is 0 Å². The summed E-state index contributed by atoms with van der Waals surface area (Å²) < 4.78 is 13.0. The fraction of sp³-hybridized carbons (Fsp3) is 0.647. The van der Waals surface area contributed by atoms with Crippen LogP contribution < -0.4 is 5.32 Å². The van der Waals surface area contributed by atoms with E-state index in [2.05, 4.69) is 24.1 Å². The van der Waals surface area contributed by atoms with Crippen LogP contribution in [0, 0.1) is 11.7 Å². The average Bonchev–Trinajstić information content (AvgIpc) is 2.45. The molecule has 1 aliphatic rings. The largest absolute Gasteiger partial charge is 0.313 e. The molecule has 1 aromatic rings. The molecule has 1 N–H and O–H groups in total. The van der Waals surface area contributed by atoms with Gasteiger partial charge in [0.1, 0.15) is 5.82 Å². The lowest BCUT2D eigenvalue weighted by Crippen LogP contribution is -2.42. The zero-order chi connectivity index (χ0) is 14.5. The minimum absolute atomic E-state index is 0.165. The first-order chi connectivity index (χ1) is 9.60. The van der Waals surface area contributed by atoms with Crippen molar-refractivity contribution < 1.29 is 4.39 Å². The number of nitrogens with one attached hydrogen (secondary N) is 1. The van der Waals surface area contributed by atoms with Gasteiger partial charge in [0, 0.05) is 25.2 Å². The predicted octanol–water partition coefficient (Wildman–Crippen LogP) is 3.60. The Morgan fingerprint density at radius 1 is 1.25 bits per heavy atom. The fourth-order valence-electron chi connectivity index (χ4n) is 3.16. The van der Waals surface area contributed by atoms with Crippen LogP contribution in [-0.4, -0.2) is 31.1 Å². The van der Waals surface area contributed by atoms with Crippen molar-refractivity contribution in [3.8, 4) is 0 Å². The number of halogens is 1. The third-order valence-corrected chi connectivity index (χ3v) is 4.57. The standard InChI is InChI=1S/C17H27FN2/c1-13-4-5-14(2)20(12-13)11-10-17(19-3)15-6-8-16(18)9-7-15/h6-9,13-14,17,19H,4-5,10-12H2,1-3H3. The van der Waals surface area contributed by atoms with Crippen molar-refractivity contribution in [1.82, 2.24) is 10.2 Å². The summed E-state index contributed by atoms with van der Waals surface area (Å²) in [6.45, 7) is 6.99. The van der Waals surface area contributed by atoms with Gasteiger partial charge >= 0.3 is 0 Å². The Labute approximate surface area is 122 Å². The highest BCUT2D eigenvalue weighted by Gasteiger charge is 2.23. The Kier molecular flexibility index (Phi) is 5.55. The van der Waals surface area contributed by atoms with Crippen LogP contribution in [0.4, 0.5) is 4.39 Å². The SMILES string of the molecule is CNC(CCN1CC(C)CCC1C)c1ccc(F)cc1. The van der Waals surface area contributed by atoms with Gasteiger partial charge in [-0.25, -0.2) is 4.39 Å². The third kappa shape index (κ3) is 4.03. The van der Waals surface area contributed by atoms with Gasteiger partial charge in [-0.3, -0.25) is 0 Å². The van der Waals surface area contributed by atoms with Crippen molar-refractivity contribution in [2.24, 2.45) is 5.92 Å². The van der Waals surface area contributed by atoms with Gasteiger partial charge in [-0.05, 0) is 56.8 Å². The van der Waals surface area contributed by atoms with Crippen LogP contribution in [0.5, 0.6) is 0 Å². The van der Waals surface area contributed by atoms with Crippen molar-refractivity contribution in [2.45, 2.75) is 45.2 Å². The number of benzene rings is 1. The maximum atomic E-state index is 13.0. The molecule has 3 heteroatoms. The molecule has 1 heterocycles. The maximum Gasteiger partial charge on any atom is 0.123 e. The van der Waals surface area contributed by atoms with E-state index in [-0.39, 0.29) is 5.82 Å². The molecule has 0 aliphatic carbocycles. The lowest BCUT2D eigenvalue weighted by atomic mass is 9.94. The van der Waals surface area contributed by atoms with Crippen LogP contribution in [0.3, 0.4) is 0 Å². The molecule has 1 aliphatic heterocycles. The van der Waals surface area contributed by atoms with Gasteiger partial charge in [0.05, 0.1) is 0 Å². The molecule has 0 saturated carbocycles. The summed E-state index contributed by atoms with van der Waals surface area (Å²) in [6.07, 6.45) is 3.73. The van der Waals surface area contributed by atoms with E-state index >= 15 is 0 Å². The Balaban J connectivity index is 1.91. The summed E-state index contributed by atoms with van der Waals surface area (Å²) in [6, 6.07) is 7.87. The van der Waals surface area contributed by atoms with Gasteiger partial charge in [0.2, 0.25) is 0 Å². The van der Waals surface area contributed by atoms with E-state index in [0.717, 1.165) is 18.9 Å². The van der Waals surface area contributed by atoms with Crippen LogP contribution in [0.1, 0.15) is 44.7 Å². The highest BCUT2D eigenvalue weighted by Crippen LogP contribution is 2.24. The molecule has 1 fully saturated rings. The molecule has 3 atom stereocenters. The monoisotopic (exact) mass is 278 g/mol. The maximum absolute atomic E-state index is 13.0.